The van der Waals surface area contributed by atoms with Gasteiger partial charge >= 0.3 is 0 Å². The largest absolute Gasteiger partial charge is 0.481 e. The van der Waals surface area contributed by atoms with Crippen LogP contribution in [-0.2, 0) is 4.79 Å². The second kappa shape index (κ2) is 6.29. The first-order valence-electron chi connectivity index (χ1n) is 6.48. The Morgan fingerprint density at radius 1 is 1.33 bits per heavy atom. The Morgan fingerprint density at radius 3 is 2.71 bits per heavy atom. The number of carbonyl (C=O) groups excluding carboxylic acids is 1. The smallest absolute Gasteiger partial charge is 0.240 e. The Balaban J connectivity index is 2.74. The summed E-state index contributed by atoms with van der Waals surface area (Å²) < 4.78 is 19.0. The van der Waals surface area contributed by atoms with Crippen molar-refractivity contribution >= 4 is 11.8 Å². The Morgan fingerprint density at radius 2 is 2.10 bits per heavy atom. The zero-order chi connectivity index (χ0) is 15.4. The van der Waals surface area contributed by atoms with Crippen LogP contribution in [0.5, 0.6) is 5.88 Å². The van der Waals surface area contributed by atoms with Crippen LogP contribution in [0.2, 0.25) is 0 Å². The lowest BCUT2D eigenvalue weighted by Gasteiger charge is -2.14. The molecule has 21 heavy (non-hydrogen) atoms. The lowest BCUT2D eigenvalue weighted by atomic mass is 9.94. The normalized spacial score (nSPS) is 10.3. The maximum Gasteiger partial charge on any atom is 0.240 e. The van der Waals surface area contributed by atoms with Crippen molar-refractivity contribution in [3.63, 3.8) is 0 Å². The number of benzene rings is 1. The third-order valence-electron chi connectivity index (χ3n) is 3.14. The van der Waals surface area contributed by atoms with E-state index in [2.05, 4.69) is 9.98 Å². The molecular formula is C16H15FN2O2. The highest BCUT2D eigenvalue weighted by atomic mass is 19.1. The Kier molecular flexibility index (Phi) is 4.45. The van der Waals surface area contributed by atoms with Crippen molar-refractivity contribution in [3.8, 4) is 17.0 Å². The van der Waals surface area contributed by atoms with Gasteiger partial charge in [0.25, 0.3) is 0 Å². The van der Waals surface area contributed by atoms with Gasteiger partial charge in [0, 0.05) is 17.8 Å². The molecule has 5 heteroatoms. The maximum absolute atomic E-state index is 13.9. The highest BCUT2D eigenvalue weighted by Crippen LogP contribution is 2.38. The van der Waals surface area contributed by atoms with Gasteiger partial charge in [-0.1, -0.05) is 13.8 Å². The Hall–Kier alpha value is -2.52. The molecule has 2 aromatic rings. The molecule has 4 nitrogen and oxygen atoms in total. The number of aliphatic imine (C=N–C) groups is 1. The minimum Gasteiger partial charge on any atom is -0.481 e. The Bertz CT molecular complexity index is 707. The number of hydrogen-bond donors (Lipinski definition) is 0. The van der Waals surface area contributed by atoms with Crippen LogP contribution < -0.4 is 4.74 Å². The van der Waals surface area contributed by atoms with Gasteiger partial charge < -0.3 is 4.74 Å². The quantitative estimate of drug-likeness (QED) is 0.631. The van der Waals surface area contributed by atoms with E-state index in [1.165, 1.54) is 19.2 Å². The summed E-state index contributed by atoms with van der Waals surface area (Å²) in [6.07, 6.45) is 3.10. The van der Waals surface area contributed by atoms with E-state index in [-0.39, 0.29) is 11.7 Å². The predicted octanol–water partition coefficient (Wildman–Crippen LogP) is 3.99. The first-order chi connectivity index (χ1) is 10.1. The van der Waals surface area contributed by atoms with Crippen molar-refractivity contribution in [2.24, 2.45) is 4.99 Å². The first kappa shape index (κ1) is 14.9. The summed E-state index contributed by atoms with van der Waals surface area (Å²) in [5, 5.41) is 0. The predicted molar refractivity (Wildman–Crippen MR) is 78.1 cm³/mol. The van der Waals surface area contributed by atoms with Crippen molar-refractivity contribution < 1.29 is 13.9 Å². The second-order valence-electron chi connectivity index (χ2n) is 4.84. The molecule has 108 valence electrons. The van der Waals surface area contributed by atoms with E-state index in [0.717, 1.165) is 0 Å². The van der Waals surface area contributed by atoms with E-state index >= 15 is 0 Å². The van der Waals surface area contributed by atoms with Gasteiger partial charge in [0.15, 0.2) is 0 Å². The number of aromatic nitrogens is 1. The summed E-state index contributed by atoms with van der Waals surface area (Å²) in [4.78, 5) is 18.5. The van der Waals surface area contributed by atoms with Gasteiger partial charge in [-0.3, -0.25) is 0 Å². The van der Waals surface area contributed by atoms with Crippen molar-refractivity contribution in [1.82, 2.24) is 4.98 Å². The molecule has 0 fully saturated rings. The number of methoxy groups -OCH3 is 1. The first-order valence-corrected chi connectivity index (χ1v) is 6.48. The highest BCUT2D eigenvalue weighted by molar-refractivity contribution is 5.80. The minimum atomic E-state index is -0.380. The molecule has 0 aliphatic rings. The van der Waals surface area contributed by atoms with Crippen LogP contribution in [0, 0.1) is 5.82 Å². The summed E-state index contributed by atoms with van der Waals surface area (Å²) >= 11 is 0. The van der Waals surface area contributed by atoms with Gasteiger partial charge in [-0.15, -0.1) is 0 Å². The van der Waals surface area contributed by atoms with Gasteiger partial charge in [-0.05, 0) is 35.2 Å². The SMILES string of the molecule is COc1cc(-c2cc(F)cc(C(C)C)c2N=C=O)ccn1. The van der Waals surface area contributed by atoms with E-state index in [1.54, 1.807) is 24.4 Å². The lowest BCUT2D eigenvalue weighted by molar-refractivity contribution is 0.398. The molecule has 0 unspecified atom stereocenters. The molecule has 0 bridgehead atoms. The number of nitrogens with zero attached hydrogens (tertiary/aromatic N) is 2. The molecule has 0 spiro atoms. The summed E-state index contributed by atoms with van der Waals surface area (Å²) in [5.74, 6) is 0.0495. The molecule has 0 aliphatic heterocycles. The summed E-state index contributed by atoms with van der Waals surface area (Å²) in [6, 6.07) is 6.12. The number of pyridine rings is 1. The Labute approximate surface area is 122 Å². The zero-order valence-electron chi connectivity index (χ0n) is 12.1. The third-order valence-corrected chi connectivity index (χ3v) is 3.14. The fourth-order valence-electron chi connectivity index (χ4n) is 2.14. The second-order valence-corrected chi connectivity index (χ2v) is 4.84. The fraction of sp³-hybridized carbons (Fsp3) is 0.250. The molecule has 0 saturated carbocycles. The zero-order valence-corrected chi connectivity index (χ0v) is 12.1. The summed E-state index contributed by atoms with van der Waals surface area (Å²) in [5.41, 5.74) is 2.28. The van der Waals surface area contributed by atoms with Crippen molar-refractivity contribution in [3.05, 3.63) is 41.8 Å². The van der Waals surface area contributed by atoms with E-state index in [1.807, 2.05) is 13.8 Å². The fourth-order valence-corrected chi connectivity index (χ4v) is 2.14. The number of isocyanates is 1. The van der Waals surface area contributed by atoms with Gasteiger partial charge in [-0.2, -0.15) is 4.99 Å². The standard InChI is InChI=1S/C16H15FN2O2/c1-10(2)13-7-12(17)8-14(16(13)19-9-20)11-4-5-18-15(6-11)21-3/h4-8,10H,1-3H3. The van der Waals surface area contributed by atoms with E-state index in [4.69, 9.17) is 4.74 Å². The van der Waals surface area contributed by atoms with Crippen LogP contribution >= 0.6 is 0 Å². The highest BCUT2D eigenvalue weighted by Gasteiger charge is 2.15. The lowest BCUT2D eigenvalue weighted by Crippen LogP contribution is -1.94. The molecule has 1 aromatic carbocycles. The summed E-state index contributed by atoms with van der Waals surface area (Å²) in [7, 11) is 1.50. The topological polar surface area (TPSA) is 51.5 Å². The van der Waals surface area contributed by atoms with Crippen LogP contribution in [0.25, 0.3) is 11.1 Å². The molecule has 2 rings (SSSR count). The van der Waals surface area contributed by atoms with E-state index < -0.39 is 0 Å². The minimum absolute atomic E-state index is 0.0234. The van der Waals surface area contributed by atoms with E-state index in [9.17, 15) is 9.18 Å². The average Bonchev–Trinajstić information content (AvgIpc) is 2.48. The molecule has 0 atom stereocenters. The van der Waals surface area contributed by atoms with Crippen LogP contribution in [0.1, 0.15) is 25.3 Å². The molecule has 1 heterocycles. The molecule has 0 radical (unpaired) electrons. The number of rotatable bonds is 4. The molecular weight excluding hydrogens is 271 g/mol. The number of halogens is 1. The third kappa shape index (κ3) is 3.15. The van der Waals surface area contributed by atoms with Crippen LogP contribution in [0.4, 0.5) is 10.1 Å². The van der Waals surface area contributed by atoms with Gasteiger partial charge in [0.2, 0.25) is 12.0 Å². The van der Waals surface area contributed by atoms with Crippen LogP contribution in [0.3, 0.4) is 0 Å². The van der Waals surface area contributed by atoms with Crippen molar-refractivity contribution in [2.45, 2.75) is 19.8 Å². The van der Waals surface area contributed by atoms with E-state index in [0.29, 0.717) is 28.3 Å². The van der Waals surface area contributed by atoms with Gasteiger partial charge in [-0.25, -0.2) is 14.2 Å². The van der Waals surface area contributed by atoms with Crippen LogP contribution in [-0.4, -0.2) is 18.2 Å². The molecule has 0 aliphatic carbocycles. The van der Waals surface area contributed by atoms with Crippen molar-refractivity contribution in [2.75, 3.05) is 7.11 Å². The van der Waals surface area contributed by atoms with Crippen LogP contribution in [0.15, 0.2) is 35.5 Å². The molecule has 0 saturated heterocycles. The number of hydrogen-bond acceptors (Lipinski definition) is 4. The average molecular weight is 286 g/mol. The van der Waals surface area contributed by atoms with Gasteiger partial charge in [0.1, 0.15) is 5.82 Å². The monoisotopic (exact) mass is 286 g/mol. The van der Waals surface area contributed by atoms with Gasteiger partial charge in [0.05, 0.1) is 12.8 Å². The molecule has 0 N–H and O–H groups in total. The number of ether oxygens (including phenoxy) is 1. The molecule has 0 amide bonds. The maximum atomic E-state index is 13.9. The summed E-state index contributed by atoms with van der Waals surface area (Å²) in [6.45, 7) is 3.82. The molecule has 1 aromatic heterocycles. The van der Waals surface area contributed by atoms with Crippen molar-refractivity contribution in [1.29, 1.82) is 0 Å².